The van der Waals surface area contributed by atoms with Gasteiger partial charge < -0.3 is 31.9 Å². The predicted molar refractivity (Wildman–Crippen MR) is 114 cm³/mol. The summed E-state index contributed by atoms with van der Waals surface area (Å²) in [7, 11) is 0. The lowest BCUT2D eigenvalue weighted by molar-refractivity contribution is -0.143. The topological polar surface area (TPSA) is 188 Å². The third-order valence-electron chi connectivity index (χ3n) is 4.63. The van der Waals surface area contributed by atoms with Crippen molar-refractivity contribution < 1.29 is 34.2 Å². The molecule has 0 saturated carbocycles. The van der Waals surface area contributed by atoms with Crippen LogP contribution in [0.3, 0.4) is 0 Å². The average molecular weight is 450 g/mol. The smallest absolute Gasteiger partial charge is 0.326 e. The van der Waals surface area contributed by atoms with E-state index in [1.807, 2.05) is 0 Å². The average Bonchev–Trinajstić information content (AvgIpc) is 2.74. The molecule has 0 fully saturated rings. The summed E-state index contributed by atoms with van der Waals surface area (Å²) < 4.78 is 0. The monoisotopic (exact) mass is 450 g/mol. The second-order valence-electron chi connectivity index (χ2n) is 7.58. The number of carbonyl (C=O) groups is 5. The van der Waals surface area contributed by atoms with Gasteiger partial charge in [0.15, 0.2) is 0 Å². The van der Waals surface area contributed by atoms with Crippen LogP contribution < -0.4 is 21.7 Å². The molecule has 0 aliphatic heterocycles. The fourth-order valence-corrected chi connectivity index (χ4v) is 2.89. The van der Waals surface area contributed by atoms with Crippen LogP contribution in [0.25, 0.3) is 0 Å². The minimum absolute atomic E-state index is 0.0549. The van der Waals surface area contributed by atoms with Crippen molar-refractivity contribution in [1.29, 1.82) is 0 Å². The second-order valence-corrected chi connectivity index (χ2v) is 7.58. The number of hydrogen-bond donors (Lipinski definition) is 6. The molecule has 1 rings (SSSR count). The lowest BCUT2D eigenvalue weighted by Crippen LogP contribution is -2.58. The van der Waals surface area contributed by atoms with E-state index in [0.717, 1.165) is 0 Å². The van der Waals surface area contributed by atoms with Gasteiger partial charge in [-0.05, 0) is 17.9 Å². The first-order valence-electron chi connectivity index (χ1n) is 10.1. The summed E-state index contributed by atoms with van der Waals surface area (Å²) in [6.07, 6.45) is -0.712. The van der Waals surface area contributed by atoms with E-state index in [1.165, 1.54) is 0 Å². The van der Waals surface area contributed by atoms with E-state index in [1.54, 1.807) is 44.2 Å². The van der Waals surface area contributed by atoms with Crippen LogP contribution in [0.15, 0.2) is 30.3 Å². The molecule has 0 aliphatic rings. The van der Waals surface area contributed by atoms with Crippen molar-refractivity contribution in [3.8, 4) is 0 Å². The quantitative estimate of drug-likeness (QED) is 0.226. The van der Waals surface area contributed by atoms with Crippen LogP contribution in [-0.2, 0) is 30.4 Å². The molecule has 3 amide bonds. The number of benzene rings is 1. The highest BCUT2D eigenvalue weighted by Crippen LogP contribution is 2.08. The van der Waals surface area contributed by atoms with Crippen molar-refractivity contribution in [3.05, 3.63) is 35.9 Å². The lowest BCUT2D eigenvalue weighted by atomic mass is 10.0. The maximum atomic E-state index is 12.9. The van der Waals surface area contributed by atoms with Gasteiger partial charge in [-0.3, -0.25) is 19.2 Å². The van der Waals surface area contributed by atoms with E-state index in [2.05, 4.69) is 16.0 Å². The molecule has 11 heteroatoms. The van der Waals surface area contributed by atoms with Gasteiger partial charge in [-0.25, -0.2) is 4.79 Å². The molecule has 1 aromatic rings. The van der Waals surface area contributed by atoms with Crippen LogP contribution in [0.4, 0.5) is 0 Å². The molecule has 0 saturated heterocycles. The third kappa shape index (κ3) is 9.13. The lowest BCUT2D eigenvalue weighted by Gasteiger charge is -2.26. The zero-order valence-corrected chi connectivity index (χ0v) is 18.0. The molecule has 11 nitrogen and oxygen atoms in total. The number of nitrogens with two attached hydrogens (primary N) is 1. The third-order valence-corrected chi connectivity index (χ3v) is 4.63. The van der Waals surface area contributed by atoms with E-state index in [4.69, 9.17) is 10.8 Å². The molecule has 0 aromatic heterocycles. The summed E-state index contributed by atoms with van der Waals surface area (Å²) in [6.45, 7) is 3.10. The van der Waals surface area contributed by atoms with Gasteiger partial charge in [0.1, 0.15) is 18.1 Å². The normalized spacial score (nSPS) is 13.5. The number of carboxylic acids is 2. The number of hydrogen-bond acceptors (Lipinski definition) is 6. The molecule has 176 valence electrons. The summed E-state index contributed by atoms with van der Waals surface area (Å²) >= 11 is 0. The van der Waals surface area contributed by atoms with Crippen molar-refractivity contribution in [2.45, 2.75) is 51.2 Å². The van der Waals surface area contributed by atoms with Gasteiger partial charge in [-0.15, -0.1) is 0 Å². The van der Waals surface area contributed by atoms with Crippen LogP contribution in [-0.4, -0.2) is 64.5 Å². The highest BCUT2D eigenvalue weighted by Gasteiger charge is 2.31. The highest BCUT2D eigenvalue weighted by atomic mass is 16.4. The SMILES string of the molecule is CC(C)C(NC(=O)CN)C(=O)NC(Cc1ccccc1)C(=O)NC(CCC(=O)O)C(=O)O. The summed E-state index contributed by atoms with van der Waals surface area (Å²) in [4.78, 5) is 59.6. The minimum Gasteiger partial charge on any atom is -0.481 e. The standard InChI is InChI=1S/C21H30N4O7/c1-12(2)18(25-16(26)11-22)20(30)24-15(10-13-6-4-3-5-7-13)19(29)23-14(21(31)32)8-9-17(27)28/h3-7,12,14-15,18H,8-11,22H2,1-2H3,(H,23,29)(H,24,30)(H,25,26)(H,27,28)(H,31,32). The number of carboxylic acid groups (broad SMARTS) is 2. The minimum atomic E-state index is -1.44. The summed E-state index contributed by atoms with van der Waals surface area (Å²) in [6, 6.07) is 5.19. The van der Waals surface area contributed by atoms with Gasteiger partial charge in [0.05, 0.1) is 6.54 Å². The van der Waals surface area contributed by atoms with Crippen LogP contribution >= 0.6 is 0 Å². The molecule has 0 radical (unpaired) electrons. The van der Waals surface area contributed by atoms with Crippen LogP contribution in [0.1, 0.15) is 32.3 Å². The van der Waals surface area contributed by atoms with Gasteiger partial charge in [-0.2, -0.15) is 0 Å². The van der Waals surface area contributed by atoms with Crippen LogP contribution in [0.5, 0.6) is 0 Å². The van der Waals surface area contributed by atoms with Crippen molar-refractivity contribution >= 4 is 29.7 Å². The molecule has 3 unspecified atom stereocenters. The molecule has 3 atom stereocenters. The molecule has 0 aliphatic carbocycles. The number of rotatable bonds is 13. The van der Waals surface area contributed by atoms with Gasteiger partial charge in [0.25, 0.3) is 0 Å². The summed E-state index contributed by atoms with van der Waals surface area (Å²) in [5.41, 5.74) is 6.01. The maximum absolute atomic E-state index is 12.9. The Bertz CT molecular complexity index is 814. The molecule has 7 N–H and O–H groups in total. The largest absolute Gasteiger partial charge is 0.481 e. The number of amides is 3. The van der Waals surface area contributed by atoms with Gasteiger partial charge >= 0.3 is 11.9 Å². The zero-order valence-electron chi connectivity index (χ0n) is 18.0. The Labute approximate surface area is 185 Å². The van der Waals surface area contributed by atoms with Crippen LogP contribution in [0.2, 0.25) is 0 Å². The second kappa shape index (κ2) is 13.1. The van der Waals surface area contributed by atoms with Crippen molar-refractivity contribution in [1.82, 2.24) is 16.0 Å². The van der Waals surface area contributed by atoms with E-state index >= 15 is 0 Å². The van der Waals surface area contributed by atoms with Gasteiger partial charge in [-0.1, -0.05) is 44.2 Å². The van der Waals surface area contributed by atoms with Gasteiger partial charge in [0, 0.05) is 12.8 Å². The van der Waals surface area contributed by atoms with E-state index in [9.17, 15) is 29.1 Å². The first kappa shape index (κ1) is 26.6. The van der Waals surface area contributed by atoms with E-state index < -0.39 is 54.2 Å². The number of carbonyl (C=O) groups excluding carboxylic acids is 3. The highest BCUT2D eigenvalue weighted by molar-refractivity contribution is 5.94. The molecule has 0 heterocycles. The van der Waals surface area contributed by atoms with Crippen LogP contribution in [0, 0.1) is 5.92 Å². The molecular formula is C21H30N4O7. The Kier molecular flexibility index (Phi) is 10.8. The van der Waals surface area contributed by atoms with Crippen molar-refractivity contribution in [2.24, 2.45) is 11.7 Å². The Balaban J connectivity index is 3.06. The van der Waals surface area contributed by atoms with Crippen molar-refractivity contribution in [3.63, 3.8) is 0 Å². The number of nitrogens with one attached hydrogen (secondary N) is 3. The summed E-state index contributed by atoms with van der Waals surface area (Å²) in [5.74, 6) is -4.85. The molecule has 1 aromatic carbocycles. The Hall–Kier alpha value is -3.47. The number of aliphatic carboxylic acids is 2. The predicted octanol–water partition coefficient (Wildman–Crippen LogP) is -0.752. The first-order valence-corrected chi connectivity index (χ1v) is 10.1. The van der Waals surface area contributed by atoms with Crippen molar-refractivity contribution in [2.75, 3.05) is 6.54 Å². The zero-order chi connectivity index (χ0) is 24.3. The first-order chi connectivity index (χ1) is 15.0. The van der Waals surface area contributed by atoms with Gasteiger partial charge in [0.2, 0.25) is 17.7 Å². The molecule has 0 bridgehead atoms. The van der Waals surface area contributed by atoms with E-state index in [0.29, 0.717) is 5.56 Å². The molecular weight excluding hydrogens is 420 g/mol. The Morgan fingerprint density at radius 3 is 2.00 bits per heavy atom. The Morgan fingerprint density at radius 1 is 0.906 bits per heavy atom. The van der Waals surface area contributed by atoms with E-state index in [-0.39, 0.29) is 25.3 Å². The fourth-order valence-electron chi connectivity index (χ4n) is 2.89. The fraction of sp³-hybridized carbons (Fsp3) is 0.476. The molecule has 0 spiro atoms. The summed E-state index contributed by atoms with van der Waals surface area (Å²) in [5, 5.41) is 25.5. The maximum Gasteiger partial charge on any atom is 0.326 e. The molecule has 32 heavy (non-hydrogen) atoms. The Morgan fingerprint density at radius 2 is 1.50 bits per heavy atom.